The number of thiocarbonyl (C=S) groups is 1. The molecule has 2 heterocycles. The fraction of sp³-hybridized carbons (Fsp3) is 0.308. The Balaban J connectivity index is 1.50. The number of hydrogen-bond acceptors (Lipinski definition) is 5. The standard InChI is InChI=1S/C26H31N7OS/c1-19-17-20(2)28-24(27-19)30-25(31-26(35)29-22-11-7-8-12-23(22)34-3)33-15-13-32(14-16-33)18-21-9-5-4-6-10-21/h4-12,17H,13-16,18H2,1-3H3,(H2,27,28,29,30,31,35). The number of ether oxygens (including phenoxy) is 1. The Morgan fingerprint density at radius 2 is 1.60 bits per heavy atom. The van der Waals surface area contributed by atoms with Crippen molar-refractivity contribution >= 4 is 34.9 Å². The summed E-state index contributed by atoms with van der Waals surface area (Å²) in [5.41, 5.74) is 3.86. The summed E-state index contributed by atoms with van der Waals surface area (Å²) in [4.78, 5) is 18.4. The normalized spacial score (nSPS) is 14.5. The Morgan fingerprint density at radius 3 is 2.29 bits per heavy atom. The van der Waals surface area contributed by atoms with Crippen molar-refractivity contribution < 1.29 is 4.74 Å². The van der Waals surface area contributed by atoms with Gasteiger partial charge in [0, 0.05) is 44.1 Å². The quantitative estimate of drug-likeness (QED) is 0.315. The number of nitrogens with zero attached hydrogens (tertiary/aromatic N) is 5. The number of aromatic nitrogens is 2. The zero-order valence-electron chi connectivity index (χ0n) is 20.4. The zero-order chi connectivity index (χ0) is 24.6. The van der Waals surface area contributed by atoms with Gasteiger partial charge in [0.05, 0.1) is 12.8 Å². The Kier molecular flexibility index (Phi) is 8.23. The van der Waals surface area contributed by atoms with Gasteiger partial charge in [0.15, 0.2) is 0 Å². The maximum Gasteiger partial charge on any atom is 0.229 e. The molecule has 3 aromatic rings. The van der Waals surface area contributed by atoms with E-state index in [0.717, 1.165) is 49.8 Å². The van der Waals surface area contributed by atoms with Gasteiger partial charge < -0.3 is 15.0 Å². The number of aryl methyl sites for hydroxylation is 2. The molecule has 1 fully saturated rings. The first-order valence-electron chi connectivity index (χ1n) is 11.6. The molecule has 2 aromatic carbocycles. The SMILES string of the molecule is COc1ccccc1NC(=S)/N=C(/Nc1nc(C)cc(C)n1)N1CCN(Cc2ccccc2)CC1. The average molecular weight is 490 g/mol. The van der Waals surface area contributed by atoms with E-state index in [9.17, 15) is 0 Å². The summed E-state index contributed by atoms with van der Waals surface area (Å²) in [6.07, 6.45) is 0. The maximum atomic E-state index is 5.59. The second kappa shape index (κ2) is 11.7. The molecule has 4 rings (SSSR count). The van der Waals surface area contributed by atoms with E-state index in [1.807, 2.05) is 50.2 Å². The van der Waals surface area contributed by atoms with Crippen molar-refractivity contribution in [1.29, 1.82) is 0 Å². The Hall–Kier alpha value is -3.56. The number of hydrogen-bond donors (Lipinski definition) is 2. The topological polar surface area (TPSA) is 77.9 Å². The lowest BCUT2D eigenvalue weighted by Crippen LogP contribution is -2.50. The lowest BCUT2D eigenvalue weighted by Gasteiger charge is -2.36. The highest BCUT2D eigenvalue weighted by Gasteiger charge is 2.21. The third kappa shape index (κ3) is 6.97. The van der Waals surface area contributed by atoms with Gasteiger partial charge >= 0.3 is 0 Å². The number of anilines is 2. The highest BCUT2D eigenvalue weighted by molar-refractivity contribution is 7.80. The van der Waals surface area contributed by atoms with Gasteiger partial charge in [0.1, 0.15) is 5.75 Å². The van der Waals surface area contributed by atoms with E-state index in [4.69, 9.17) is 21.9 Å². The summed E-state index contributed by atoms with van der Waals surface area (Å²) in [5.74, 6) is 1.83. The number of methoxy groups -OCH3 is 1. The molecule has 0 bridgehead atoms. The third-order valence-electron chi connectivity index (χ3n) is 5.68. The molecule has 182 valence electrons. The van der Waals surface area contributed by atoms with Crippen molar-refractivity contribution in [2.45, 2.75) is 20.4 Å². The first-order chi connectivity index (χ1) is 17.0. The number of aliphatic imine (C=N–C) groups is 1. The van der Waals surface area contributed by atoms with Crippen LogP contribution in [0, 0.1) is 13.8 Å². The molecule has 2 N–H and O–H groups in total. The first-order valence-corrected chi connectivity index (χ1v) is 12.0. The fourth-order valence-corrected chi connectivity index (χ4v) is 4.20. The van der Waals surface area contributed by atoms with Crippen LogP contribution in [0.1, 0.15) is 17.0 Å². The van der Waals surface area contributed by atoms with Crippen molar-refractivity contribution in [2.24, 2.45) is 4.99 Å². The van der Waals surface area contributed by atoms with E-state index >= 15 is 0 Å². The molecule has 0 atom stereocenters. The summed E-state index contributed by atoms with van der Waals surface area (Å²) in [6, 6.07) is 20.1. The molecule has 1 aromatic heterocycles. The van der Waals surface area contributed by atoms with Crippen molar-refractivity contribution in [2.75, 3.05) is 43.9 Å². The molecule has 0 spiro atoms. The maximum absolute atomic E-state index is 5.59. The van der Waals surface area contributed by atoms with Gasteiger partial charge in [-0.2, -0.15) is 4.99 Å². The number of rotatable bonds is 5. The van der Waals surface area contributed by atoms with Gasteiger partial charge in [-0.15, -0.1) is 0 Å². The van der Waals surface area contributed by atoms with Crippen molar-refractivity contribution in [3.63, 3.8) is 0 Å². The number of nitrogens with one attached hydrogen (secondary N) is 2. The first kappa shape index (κ1) is 24.6. The van der Waals surface area contributed by atoms with Gasteiger partial charge in [0.2, 0.25) is 17.0 Å². The van der Waals surface area contributed by atoms with Gasteiger partial charge in [0.25, 0.3) is 0 Å². The van der Waals surface area contributed by atoms with Crippen LogP contribution in [0.25, 0.3) is 0 Å². The van der Waals surface area contributed by atoms with Crippen molar-refractivity contribution in [3.05, 3.63) is 77.6 Å². The van der Waals surface area contributed by atoms with Crippen LogP contribution in [0.4, 0.5) is 11.6 Å². The predicted molar refractivity (Wildman–Crippen MR) is 145 cm³/mol. The molecule has 0 amide bonds. The molecule has 1 aliphatic rings. The van der Waals surface area contributed by atoms with E-state index in [2.05, 4.69) is 54.7 Å². The van der Waals surface area contributed by atoms with Crippen LogP contribution in [-0.2, 0) is 6.54 Å². The van der Waals surface area contributed by atoms with Crippen LogP contribution in [-0.4, -0.2) is 64.1 Å². The van der Waals surface area contributed by atoms with E-state index in [0.29, 0.717) is 22.8 Å². The van der Waals surface area contributed by atoms with E-state index < -0.39 is 0 Å². The minimum atomic E-state index is 0.327. The van der Waals surface area contributed by atoms with Crippen LogP contribution in [0.3, 0.4) is 0 Å². The Labute approximate surface area is 212 Å². The van der Waals surface area contributed by atoms with Crippen LogP contribution < -0.4 is 15.4 Å². The molecule has 0 saturated carbocycles. The summed E-state index contributed by atoms with van der Waals surface area (Å²) >= 11 is 5.59. The molecular formula is C26H31N7OS. The second-order valence-electron chi connectivity index (χ2n) is 8.41. The molecule has 0 radical (unpaired) electrons. The van der Waals surface area contributed by atoms with E-state index in [1.54, 1.807) is 7.11 Å². The molecule has 9 heteroatoms. The summed E-state index contributed by atoms with van der Waals surface area (Å²) in [6.45, 7) is 8.27. The summed E-state index contributed by atoms with van der Waals surface area (Å²) < 4.78 is 5.43. The summed E-state index contributed by atoms with van der Waals surface area (Å²) in [5, 5.41) is 6.83. The highest BCUT2D eigenvalue weighted by atomic mass is 32.1. The van der Waals surface area contributed by atoms with Crippen LogP contribution in [0.15, 0.2) is 65.7 Å². The monoisotopic (exact) mass is 489 g/mol. The molecule has 0 unspecified atom stereocenters. The number of para-hydroxylation sites is 2. The van der Waals surface area contributed by atoms with Gasteiger partial charge in [-0.05, 0) is 49.8 Å². The van der Waals surface area contributed by atoms with Crippen LogP contribution >= 0.6 is 12.2 Å². The fourth-order valence-electron chi connectivity index (χ4n) is 4.01. The smallest absolute Gasteiger partial charge is 0.229 e. The third-order valence-corrected chi connectivity index (χ3v) is 5.88. The Bertz CT molecular complexity index is 1160. The molecular weight excluding hydrogens is 458 g/mol. The van der Waals surface area contributed by atoms with Crippen molar-refractivity contribution in [3.8, 4) is 5.75 Å². The lowest BCUT2D eigenvalue weighted by atomic mass is 10.2. The van der Waals surface area contributed by atoms with Crippen molar-refractivity contribution in [1.82, 2.24) is 19.8 Å². The molecule has 1 aliphatic heterocycles. The number of piperazine rings is 1. The molecule has 1 saturated heterocycles. The van der Waals surface area contributed by atoms with Gasteiger partial charge in [-0.25, -0.2) is 9.97 Å². The van der Waals surface area contributed by atoms with Crippen LogP contribution in [0.5, 0.6) is 5.75 Å². The van der Waals surface area contributed by atoms with Gasteiger partial charge in [-0.3, -0.25) is 10.2 Å². The van der Waals surface area contributed by atoms with Crippen LogP contribution in [0.2, 0.25) is 0 Å². The largest absolute Gasteiger partial charge is 0.495 e. The van der Waals surface area contributed by atoms with E-state index in [1.165, 1.54) is 5.56 Å². The molecule has 35 heavy (non-hydrogen) atoms. The molecule has 8 nitrogen and oxygen atoms in total. The zero-order valence-corrected chi connectivity index (χ0v) is 21.2. The number of guanidine groups is 1. The minimum Gasteiger partial charge on any atom is -0.495 e. The number of benzene rings is 2. The van der Waals surface area contributed by atoms with Gasteiger partial charge in [-0.1, -0.05) is 42.5 Å². The minimum absolute atomic E-state index is 0.327. The Morgan fingerprint density at radius 1 is 0.943 bits per heavy atom. The predicted octanol–water partition coefficient (Wildman–Crippen LogP) is 4.08. The average Bonchev–Trinajstić information content (AvgIpc) is 2.84. The second-order valence-corrected chi connectivity index (χ2v) is 8.80. The lowest BCUT2D eigenvalue weighted by molar-refractivity contribution is 0.175. The highest BCUT2D eigenvalue weighted by Crippen LogP contribution is 2.23. The summed E-state index contributed by atoms with van der Waals surface area (Å²) in [7, 11) is 1.63. The molecule has 0 aliphatic carbocycles. The van der Waals surface area contributed by atoms with E-state index in [-0.39, 0.29) is 0 Å².